The highest BCUT2D eigenvalue weighted by atomic mass is 32.2. The minimum Gasteiger partial charge on any atom is -0.268 e. The van der Waals surface area contributed by atoms with Crippen LogP contribution in [-0.4, -0.2) is 31.2 Å². The monoisotopic (exact) mass is 257 g/mol. The van der Waals surface area contributed by atoms with Crippen LogP contribution in [0.4, 0.5) is 0 Å². The predicted octanol–water partition coefficient (Wildman–Crippen LogP) is 2.15. The van der Waals surface area contributed by atoms with Crippen LogP contribution in [0.2, 0.25) is 0 Å². The topological polar surface area (TPSA) is 56.5 Å². The Bertz CT molecular complexity index is 707. The fourth-order valence-electron chi connectivity index (χ4n) is 1.84. The van der Waals surface area contributed by atoms with E-state index < -0.39 is 0 Å². The SMILES string of the molecule is CSc1nncc(-c2ccc3c(cnn3C)c2)n1. The largest absolute Gasteiger partial charge is 0.268 e. The van der Waals surface area contributed by atoms with Gasteiger partial charge in [-0.3, -0.25) is 4.68 Å². The van der Waals surface area contributed by atoms with Crippen LogP contribution < -0.4 is 0 Å². The van der Waals surface area contributed by atoms with E-state index in [4.69, 9.17) is 0 Å². The number of aromatic nitrogens is 5. The first-order chi connectivity index (χ1) is 8.78. The lowest BCUT2D eigenvalue weighted by Gasteiger charge is -2.02. The molecule has 0 aliphatic carbocycles. The molecular formula is C12H11N5S. The zero-order valence-corrected chi connectivity index (χ0v) is 10.8. The lowest BCUT2D eigenvalue weighted by Crippen LogP contribution is -1.93. The van der Waals surface area contributed by atoms with Crippen LogP contribution in [0.5, 0.6) is 0 Å². The number of benzene rings is 1. The molecule has 0 saturated carbocycles. The molecule has 0 amide bonds. The average molecular weight is 257 g/mol. The van der Waals surface area contributed by atoms with Crippen molar-refractivity contribution in [2.45, 2.75) is 5.16 Å². The van der Waals surface area contributed by atoms with Crippen LogP contribution in [0.25, 0.3) is 22.2 Å². The van der Waals surface area contributed by atoms with E-state index in [1.165, 1.54) is 11.8 Å². The molecule has 2 aromatic heterocycles. The fourth-order valence-corrected chi connectivity index (χ4v) is 2.15. The number of hydrogen-bond donors (Lipinski definition) is 0. The molecule has 6 heteroatoms. The van der Waals surface area contributed by atoms with Crippen molar-refractivity contribution in [3.05, 3.63) is 30.6 Å². The molecule has 90 valence electrons. The number of thioether (sulfide) groups is 1. The van der Waals surface area contributed by atoms with Crippen molar-refractivity contribution in [1.29, 1.82) is 0 Å². The first-order valence-electron chi connectivity index (χ1n) is 5.44. The lowest BCUT2D eigenvalue weighted by atomic mass is 10.1. The second-order valence-corrected chi connectivity index (χ2v) is 4.64. The molecule has 18 heavy (non-hydrogen) atoms. The molecule has 3 aromatic rings. The van der Waals surface area contributed by atoms with Crippen molar-refractivity contribution < 1.29 is 0 Å². The molecule has 5 nitrogen and oxygen atoms in total. The van der Waals surface area contributed by atoms with E-state index in [9.17, 15) is 0 Å². The highest BCUT2D eigenvalue weighted by molar-refractivity contribution is 7.98. The summed E-state index contributed by atoms with van der Waals surface area (Å²) in [5.74, 6) is 0. The van der Waals surface area contributed by atoms with E-state index in [2.05, 4.69) is 26.3 Å². The Morgan fingerprint density at radius 1 is 1.22 bits per heavy atom. The second kappa shape index (κ2) is 4.38. The van der Waals surface area contributed by atoms with Gasteiger partial charge in [-0.2, -0.15) is 10.2 Å². The van der Waals surface area contributed by atoms with Crippen LogP contribution in [0, 0.1) is 0 Å². The van der Waals surface area contributed by atoms with Gasteiger partial charge in [0.25, 0.3) is 0 Å². The Morgan fingerprint density at radius 2 is 2.11 bits per heavy atom. The normalized spacial score (nSPS) is 11.0. The molecule has 0 spiro atoms. The molecule has 0 unspecified atom stereocenters. The van der Waals surface area contributed by atoms with Crippen LogP contribution in [0.3, 0.4) is 0 Å². The van der Waals surface area contributed by atoms with Crippen molar-refractivity contribution in [2.75, 3.05) is 6.26 Å². The second-order valence-electron chi connectivity index (χ2n) is 3.87. The highest BCUT2D eigenvalue weighted by Gasteiger charge is 2.05. The third kappa shape index (κ3) is 1.84. The lowest BCUT2D eigenvalue weighted by molar-refractivity contribution is 0.797. The molecule has 0 atom stereocenters. The number of aryl methyl sites for hydroxylation is 1. The van der Waals surface area contributed by atoms with Gasteiger partial charge in [0.1, 0.15) is 0 Å². The summed E-state index contributed by atoms with van der Waals surface area (Å²) >= 11 is 1.48. The summed E-state index contributed by atoms with van der Waals surface area (Å²) in [7, 11) is 1.93. The summed E-state index contributed by atoms with van der Waals surface area (Å²) < 4.78 is 1.85. The molecule has 0 radical (unpaired) electrons. The van der Waals surface area contributed by atoms with E-state index in [0.717, 1.165) is 22.2 Å². The van der Waals surface area contributed by atoms with Gasteiger partial charge in [-0.05, 0) is 18.4 Å². The Balaban J connectivity index is 2.13. The predicted molar refractivity (Wildman–Crippen MR) is 71.3 cm³/mol. The molecule has 0 aliphatic heterocycles. The Labute approximate surface area is 108 Å². The molecule has 0 bridgehead atoms. The maximum atomic E-state index is 4.44. The van der Waals surface area contributed by atoms with Crippen LogP contribution >= 0.6 is 11.8 Å². The number of nitrogens with zero attached hydrogens (tertiary/aromatic N) is 5. The molecule has 0 fully saturated rings. The molecule has 3 rings (SSSR count). The Hall–Kier alpha value is -1.95. The number of fused-ring (bicyclic) bond motifs is 1. The van der Waals surface area contributed by atoms with Crippen LogP contribution in [0.1, 0.15) is 0 Å². The van der Waals surface area contributed by atoms with Gasteiger partial charge in [0.15, 0.2) is 0 Å². The van der Waals surface area contributed by atoms with Gasteiger partial charge >= 0.3 is 0 Å². The number of hydrogen-bond acceptors (Lipinski definition) is 5. The third-order valence-corrected chi connectivity index (χ3v) is 3.30. The van der Waals surface area contributed by atoms with Gasteiger partial charge in [0, 0.05) is 18.0 Å². The first kappa shape index (κ1) is 11.2. The summed E-state index contributed by atoms with van der Waals surface area (Å²) in [4.78, 5) is 4.44. The standard InChI is InChI=1S/C12H11N5S/c1-17-11-4-3-8(5-9(11)6-14-17)10-7-13-16-12(15-10)18-2/h3-7H,1-2H3. The zero-order chi connectivity index (χ0) is 12.5. The van der Waals surface area contributed by atoms with Gasteiger partial charge in [-0.25, -0.2) is 4.98 Å². The molecule has 0 aliphatic rings. The van der Waals surface area contributed by atoms with Gasteiger partial charge in [0.05, 0.1) is 23.6 Å². The summed E-state index contributed by atoms with van der Waals surface area (Å²) in [5, 5.41) is 13.9. The molecular weight excluding hydrogens is 246 g/mol. The summed E-state index contributed by atoms with van der Waals surface area (Å²) in [5.41, 5.74) is 2.96. The number of rotatable bonds is 2. The smallest absolute Gasteiger partial charge is 0.209 e. The van der Waals surface area contributed by atoms with Crippen LogP contribution in [0.15, 0.2) is 35.7 Å². The highest BCUT2D eigenvalue weighted by Crippen LogP contribution is 2.23. The summed E-state index contributed by atoms with van der Waals surface area (Å²) in [6.07, 6.45) is 5.46. The molecule has 2 heterocycles. The minimum atomic E-state index is 0.679. The maximum Gasteiger partial charge on any atom is 0.209 e. The Morgan fingerprint density at radius 3 is 2.94 bits per heavy atom. The first-order valence-corrected chi connectivity index (χ1v) is 6.66. The Kier molecular flexibility index (Phi) is 2.71. The van der Waals surface area contributed by atoms with Gasteiger partial charge in [0.2, 0.25) is 5.16 Å². The van der Waals surface area contributed by atoms with Gasteiger partial charge < -0.3 is 0 Å². The maximum absolute atomic E-state index is 4.44. The zero-order valence-electron chi connectivity index (χ0n) is 10.0. The van der Waals surface area contributed by atoms with E-state index >= 15 is 0 Å². The molecule has 1 aromatic carbocycles. The van der Waals surface area contributed by atoms with E-state index in [1.54, 1.807) is 6.20 Å². The van der Waals surface area contributed by atoms with Crippen molar-refractivity contribution in [2.24, 2.45) is 7.05 Å². The van der Waals surface area contributed by atoms with E-state index in [-0.39, 0.29) is 0 Å². The van der Waals surface area contributed by atoms with Crippen molar-refractivity contribution in [3.63, 3.8) is 0 Å². The third-order valence-electron chi connectivity index (χ3n) is 2.76. The van der Waals surface area contributed by atoms with Crippen molar-refractivity contribution >= 4 is 22.7 Å². The van der Waals surface area contributed by atoms with Crippen molar-refractivity contribution in [1.82, 2.24) is 25.0 Å². The van der Waals surface area contributed by atoms with E-state index in [0.29, 0.717) is 5.16 Å². The fraction of sp³-hybridized carbons (Fsp3) is 0.167. The van der Waals surface area contributed by atoms with Gasteiger partial charge in [-0.15, -0.1) is 5.10 Å². The minimum absolute atomic E-state index is 0.679. The summed E-state index contributed by atoms with van der Waals surface area (Å²) in [6, 6.07) is 6.13. The summed E-state index contributed by atoms with van der Waals surface area (Å²) in [6.45, 7) is 0. The van der Waals surface area contributed by atoms with Crippen LogP contribution in [-0.2, 0) is 7.05 Å². The quantitative estimate of drug-likeness (QED) is 0.658. The van der Waals surface area contributed by atoms with Crippen molar-refractivity contribution in [3.8, 4) is 11.3 Å². The van der Waals surface area contributed by atoms with Gasteiger partial charge in [-0.1, -0.05) is 17.8 Å². The van der Waals surface area contributed by atoms with E-state index in [1.807, 2.05) is 36.3 Å². The molecule has 0 saturated heterocycles. The molecule has 0 N–H and O–H groups in total. The average Bonchev–Trinajstić information content (AvgIpc) is 2.80.